The third kappa shape index (κ3) is 3.75. The van der Waals surface area contributed by atoms with Crippen LogP contribution < -0.4 is 4.90 Å². The number of nitriles is 1. The summed E-state index contributed by atoms with van der Waals surface area (Å²) in [5.74, 6) is 0. The maximum absolute atomic E-state index is 13.4. The third-order valence-corrected chi connectivity index (χ3v) is 5.33. The van der Waals surface area contributed by atoms with Crippen molar-refractivity contribution in [2.45, 2.75) is 45.8 Å². The highest BCUT2D eigenvalue weighted by atomic mass is 19.4. The van der Waals surface area contributed by atoms with Crippen molar-refractivity contribution in [3.63, 3.8) is 0 Å². The van der Waals surface area contributed by atoms with Gasteiger partial charge in [0.1, 0.15) is 12.7 Å². The Morgan fingerprint density at radius 3 is 2.68 bits per heavy atom. The molecule has 0 radical (unpaired) electrons. The molecule has 0 saturated carbocycles. The third-order valence-electron chi connectivity index (χ3n) is 5.33. The fourth-order valence-electron chi connectivity index (χ4n) is 3.73. The molecule has 1 unspecified atom stereocenters. The van der Waals surface area contributed by atoms with E-state index in [1.54, 1.807) is 23.1 Å². The summed E-state index contributed by atoms with van der Waals surface area (Å²) in [5, 5.41) is 13.2. The molecule has 28 heavy (non-hydrogen) atoms. The van der Waals surface area contributed by atoms with Crippen LogP contribution in [-0.4, -0.2) is 27.4 Å². The normalized spacial score (nSPS) is 19.0. The molecule has 0 N–H and O–H groups in total. The Labute approximate surface area is 162 Å². The first kappa shape index (κ1) is 19.9. The minimum absolute atomic E-state index is 0.125. The lowest BCUT2D eigenvalue weighted by Gasteiger charge is -2.44. The molecule has 5 nitrogen and oxygen atoms in total. The van der Waals surface area contributed by atoms with Crippen molar-refractivity contribution in [2.75, 3.05) is 11.4 Å². The van der Waals surface area contributed by atoms with E-state index < -0.39 is 11.7 Å². The number of benzene rings is 1. The fraction of sp³-hybridized carbons (Fsp3) is 0.450. The molecule has 1 aliphatic carbocycles. The van der Waals surface area contributed by atoms with Crippen molar-refractivity contribution in [3.05, 3.63) is 48.1 Å². The zero-order valence-electron chi connectivity index (χ0n) is 16.0. The summed E-state index contributed by atoms with van der Waals surface area (Å²) in [6.45, 7) is 6.67. The van der Waals surface area contributed by atoms with Crippen molar-refractivity contribution in [3.8, 4) is 6.07 Å². The minimum atomic E-state index is -4.58. The molecule has 0 amide bonds. The van der Waals surface area contributed by atoms with Crippen molar-refractivity contribution in [1.29, 1.82) is 5.26 Å². The summed E-state index contributed by atoms with van der Waals surface area (Å²) in [6, 6.07) is 5.43. The zero-order valence-corrected chi connectivity index (χ0v) is 16.0. The number of aromatic nitrogens is 3. The molecular formula is C20H22F3N5. The average molecular weight is 389 g/mol. The second kappa shape index (κ2) is 7.30. The second-order valence-electron chi connectivity index (χ2n) is 7.56. The van der Waals surface area contributed by atoms with Crippen molar-refractivity contribution >= 4 is 11.4 Å². The van der Waals surface area contributed by atoms with Crippen molar-refractivity contribution in [1.82, 2.24) is 14.8 Å². The monoisotopic (exact) mass is 389 g/mol. The molecule has 3 rings (SSSR count). The van der Waals surface area contributed by atoms with Crippen LogP contribution in [-0.2, 0) is 6.18 Å². The first-order valence-electron chi connectivity index (χ1n) is 9.11. The molecule has 0 bridgehead atoms. The van der Waals surface area contributed by atoms with Gasteiger partial charge in [0.25, 0.3) is 0 Å². The van der Waals surface area contributed by atoms with Crippen LogP contribution in [0.2, 0.25) is 0 Å². The van der Waals surface area contributed by atoms with Crippen molar-refractivity contribution in [2.24, 2.45) is 5.41 Å². The van der Waals surface area contributed by atoms with Gasteiger partial charge >= 0.3 is 6.18 Å². The fourth-order valence-corrected chi connectivity index (χ4v) is 3.73. The van der Waals surface area contributed by atoms with E-state index in [0.29, 0.717) is 12.2 Å². The first-order chi connectivity index (χ1) is 13.2. The molecular weight excluding hydrogens is 367 g/mol. The number of allylic oxidation sites excluding steroid dienone is 1. The second-order valence-corrected chi connectivity index (χ2v) is 7.56. The number of nitrogens with zero attached hydrogens (tertiary/aromatic N) is 5. The summed E-state index contributed by atoms with van der Waals surface area (Å²) < 4.78 is 42.0. The maximum Gasteiger partial charge on any atom is 0.417 e. The lowest BCUT2D eigenvalue weighted by atomic mass is 9.74. The van der Waals surface area contributed by atoms with Crippen LogP contribution in [0.1, 0.15) is 44.7 Å². The number of alkyl halides is 3. The molecule has 1 aromatic heterocycles. The van der Waals surface area contributed by atoms with E-state index in [1.807, 2.05) is 11.8 Å². The minimum Gasteiger partial charge on any atom is -0.365 e. The molecule has 0 spiro atoms. The Bertz CT molecular complexity index is 907. The van der Waals surface area contributed by atoms with Crippen LogP contribution in [0.4, 0.5) is 18.9 Å². The van der Waals surface area contributed by atoms with E-state index in [4.69, 9.17) is 5.26 Å². The van der Waals surface area contributed by atoms with Crippen LogP contribution in [0.25, 0.3) is 5.70 Å². The average Bonchev–Trinajstić information content (AvgIpc) is 3.17. The van der Waals surface area contributed by atoms with Crippen molar-refractivity contribution < 1.29 is 13.2 Å². The topological polar surface area (TPSA) is 57.7 Å². The SMILES string of the molecule is CCN(c1ccc(C#N)c(C(F)(F)F)c1)C1C=C(n2cncn2)CCC1(C)C. The quantitative estimate of drug-likeness (QED) is 0.759. The predicted molar refractivity (Wildman–Crippen MR) is 100 cm³/mol. The summed E-state index contributed by atoms with van der Waals surface area (Å²) in [5.41, 5.74) is 0.00824. The number of halogens is 3. The van der Waals surface area contributed by atoms with Crippen LogP contribution >= 0.6 is 0 Å². The van der Waals surface area contributed by atoms with E-state index >= 15 is 0 Å². The predicted octanol–water partition coefficient (Wildman–Crippen LogP) is 4.72. The van der Waals surface area contributed by atoms with Gasteiger partial charge in [-0.25, -0.2) is 9.67 Å². The van der Waals surface area contributed by atoms with Crippen LogP contribution in [0.5, 0.6) is 0 Å². The van der Waals surface area contributed by atoms with Crippen LogP contribution in [0.15, 0.2) is 36.9 Å². The molecule has 1 heterocycles. The number of anilines is 1. The van der Waals surface area contributed by atoms with Gasteiger partial charge in [0.05, 0.1) is 23.2 Å². The summed E-state index contributed by atoms with van der Waals surface area (Å²) >= 11 is 0. The Balaban J connectivity index is 2.07. The molecule has 0 fully saturated rings. The highest BCUT2D eigenvalue weighted by molar-refractivity contribution is 5.58. The van der Waals surface area contributed by atoms with Gasteiger partial charge in [-0.05, 0) is 49.5 Å². The van der Waals surface area contributed by atoms with Gasteiger partial charge in [-0.15, -0.1) is 0 Å². The van der Waals surface area contributed by atoms with E-state index in [-0.39, 0.29) is 17.0 Å². The highest BCUT2D eigenvalue weighted by Crippen LogP contribution is 2.42. The van der Waals surface area contributed by atoms with Crippen LogP contribution in [0, 0.1) is 16.7 Å². The summed E-state index contributed by atoms with van der Waals surface area (Å²) in [6.07, 6.45) is 2.25. The number of rotatable bonds is 4. The Kier molecular flexibility index (Phi) is 5.20. The van der Waals surface area contributed by atoms with Gasteiger partial charge in [0.15, 0.2) is 0 Å². The molecule has 2 aromatic rings. The largest absolute Gasteiger partial charge is 0.417 e. The molecule has 0 aliphatic heterocycles. The number of hydrogen-bond donors (Lipinski definition) is 0. The summed E-state index contributed by atoms with van der Waals surface area (Å²) in [7, 11) is 0. The Morgan fingerprint density at radius 2 is 2.11 bits per heavy atom. The smallest absolute Gasteiger partial charge is 0.365 e. The lowest BCUT2D eigenvalue weighted by molar-refractivity contribution is -0.137. The molecule has 1 aromatic carbocycles. The first-order valence-corrected chi connectivity index (χ1v) is 9.11. The molecule has 148 valence electrons. The van der Waals surface area contributed by atoms with Gasteiger partial charge in [-0.3, -0.25) is 0 Å². The highest BCUT2D eigenvalue weighted by Gasteiger charge is 2.38. The number of hydrogen-bond acceptors (Lipinski definition) is 4. The van der Waals surface area contributed by atoms with Gasteiger partial charge in [-0.1, -0.05) is 13.8 Å². The van der Waals surface area contributed by atoms with E-state index in [1.165, 1.54) is 12.4 Å². The zero-order chi connectivity index (χ0) is 20.5. The Hall–Kier alpha value is -2.82. The Morgan fingerprint density at radius 1 is 1.36 bits per heavy atom. The summed E-state index contributed by atoms with van der Waals surface area (Å²) in [4.78, 5) is 5.93. The van der Waals surface area contributed by atoms with E-state index in [9.17, 15) is 13.2 Å². The van der Waals surface area contributed by atoms with E-state index in [0.717, 1.165) is 24.6 Å². The maximum atomic E-state index is 13.4. The molecule has 0 saturated heterocycles. The van der Waals surface area contributed by atoms with Crippen LogP contribution in [0.3, 0.4) is 0 Å². The molecule has 1 aliphatic rings. The van der Waals surface area contributed by atoms with Gasteiger partial charge < -0.3 is 4.90 Å². The van der Waals surface area contributed by atoms with Gasteiger partial charge in [-0.2, -0.15) is 23.5 Å². The lowest BCUT2D eigenvalue weighted by Crippen LogP contribution is -2.46. The van der Waals surface area contributed by atoms with Gasteiger partial charge in [0, 0.05) is 17.9 Å². The number of likely N-dealkylation sites (N-methyl/N-ethyl adjacent to an activating group) is 1. The molecule has 8 heteroatoms. The van der Waals surface area contributed by atoms with Gasteiger partial charge in [0.2, 0.25) is 0 Å². The van der Waals surface area contributed by atoms with E-state index in [2.05, 4.69) is 30.0 Å². The molecule has 1 atom stereocenters. The standard InChI is InChI=1S/C20H22F3N5/c1-4-27(15-6-5-14(11-24)17(9-15)20(21,22)23)18-10-16(7-8-19(18,2)3)28-13-25-12-26-28/h5-6,9-10,12-13,18H,4,7-8H2,1-3H3.